The fraction of sp³-hybridized carbons (Fsp3) is 0.308. The van der Waals surface area contributed by atoms with Crippen LogP contribution in [0, 0.1) is 0 Å². The fourth-order valence-corrected chi connectivity index (χ4v) is 2.37. The molecule has 0 fully saturated rings. The van der Waals surface area contributed by atoms with Crippen LogP contribution in [0.2, 0.25) is 10.0 Å². The van der Waals surface area contributed by atoms with Gasteiger partial charge in [-0.1, -0.05) is 42.3 Å². The van der Waals surface area contributed by atoms with Crippen molar-refractivity contribution in [1.29, 1.82) is 0 Å². The van der Waals surface area contributed by atoms with Crippen LogP contribution in [-0.2, 0) is 13.5 Å². The van der Waals surface area contributed by atoms with Gasteiger partial charge in [-0.05, 0) is 12.5 Å². The molecule has 0 bridgehead atoms. The van der Waals surface area contributed by atoms with E-state index in [1.807, 2.05) is 14.0 Å². The quantitative estimate of drug-likeness (QED) is 0.939. The summed E-state index contributed by atoms with van der Waals surface area (Å²) in [4.78, 5) is 0. The van der Waals surface area contributed by atoms with Crippen LogP contribution in [0.5, 0.6) is 0 Å². The van der Waals surface area contributed by atoms with E-state index in [-0.39, 0.29) is 0 Å². The van der Waals surface area contributed by atoms with Gasteiger partial charge in [-0.25, -0.2) is 0 Å². The zero-order chi connectivity index (χ0) is 13.3. The van der Waals surface area contributed by atoms with Crippen molar-refractivity contribution in [1.82, 2.24) is 9.78 Å². The van der Waals surface area contributed by atoms with Gasteiger partial charge < -0.3 is 5.11 Å². The molecule has 1 heterocycles. The summed E-state index contributed by atoms with van der Waals surface area (Å²) in [7, 11) is 1.83. The first-order valence-electron chi connectivity index (χ1n) is 5.69. The largest absolute Gasteiger partial charge is 0.383 e. The first kappa shape index (κ1) is 13.4. The van der Waals surface area contributed by atoms with E-state index in [1.54, 1.807) is 29.1 Å². The SMILES string of the molecule is CCc1nn(C)cc1C(O)c1cccc(Cl)c1Cl. The molecule has 0 amide bonds. The smallest absolute Gasteiger partial charge is 0.109 e. The summed E-state index contributed by atoms with van der Waals surface area (Å²) in [6, 6.07) is 5.24. The maximum Gasteiger partial charge on any atom is 0.109 e. The number of hydrogen-bond acceptors (Lipinski definition) is 2. The first-order valence-corrected chi connectivity index (χ1v) is 6.44. The molecule has 2 aromatic rings. The van der Waals surface area contributed by atoms with Crippen molar-refractivity contribution in [2.75, 3.05) is 0 Å². The summed E-state index contributed by atoms with van der Waals surface area (Å²) >= 11 is 12.1. The van der Waals surface area contributed by atoms with Crippen LogP contribution in [0.25, 0.3) is 0 Å². The van der Waals surface area contributed by atoms with Crippen molar-refractivity contribution in [3.8, 4) is 0 Å². The Bertz CT molecular complexity index is 566. The lowest BCUT2D eigenvalue weighted by atomic mass is 10.0. The number of aromatic nitrogens is 2. The summed E-state index contributed by atoms with van der Waals surface area (Å²) in [6.45, 7) is 2.00. The number of benzene rings is 1. The number of nitrogens with zero attached hydrogens (tertiary/aromatic N) is 2. The van der Waals surface area contributed by atoms with E-state index in [9.17, 15) is 5.11 Å². The second-order valence-corrected chi connectivity index (χ2v) is 4.89. The van der Waals surface area contributed by atoms with Crippen LogP contribution in [0.15, 0.2) is 24.4 Å². The average Bonchev–Trinajstić information content (AvgIpc) is 2.73. The predicted molar refractivity (Wildman–Crippen MR) is 73.1 cm³/mol. The van der Waals surface area contributed by atoms with Crippen LogP contribution in [0.1, 0.15) is 29.8 Å². The minimum atomic E-state index is -0.806. The Morgan fingerprint density at radius 3 is 2.72 bits per heavy atom. The second kappa shape index (κ2) is 5.31. The summed E-state index contributed by atoms with van der Waals surface area (Å²) in [5.41, 5.74) is 2.23. The molecule has 1 N–H and O–H groups in total. The van der Waals surface area contributed by atoms with E-state index in [4.69, 9.17) is 23.2 Å². The number of hydrogen-bond donors (Lipinski definition) is 1. The van der Waals surface area contributed by atoms with Crippen molar-refractivity contribution in [2.45, 2.75) is 19.4 Å². The molecule has 0 saturated carbocycles. The van der Waals surface area contributed by atoms with Crippen molar-refractivity contribution < 1.29 is 5.11 Å². The van der Waals surface area contributed by atoms with Gasteiger partial charge in [0.05, 0.1) is 15.7 Å². The molecule has 0 aliphatic rings. The van der Waals surface area contributed by atoms with Gasteiger partial charge in [0.1, 0.15) is 6.10 Å². The number of halogens is 2. The van der Waals surface area contributed by atoms with E-state index in [0.29, 0.717) is 15.6 Å². The molecule has 0 spiro atoms. The minimum Gasteiger partial charge on any atom is -0.383 e. The van der Waals surface area contributed by atoms with Gasteiger partial charge in [-0.15, -0.1) is 0 Å². The third kappa shape index (κ3) is 2.39. The molecular formula is C13H14Cl2N2O. The van der Waals surface area contributed by atoms with E-state index in [2.05, 4.69) is 5.10 Å². The number of rotatable bonds is 3. The molecule has 1 unspecified atom stereocenters. The van der Waals surface area contributed by atoms with Crippen LogP contribution < -0.4 is 0 Å². The molecule has 5 heteroatoms. The van der Waals surface area contributed by atoms with Gasteiger partial charge >= 0.3 is 0 Å². The number of aryl methyl sites for hydroxylation is 2. The van der Waals surface area contributed by atoms with Crippen LogP contribution in [0.3, 0.4) is 0 Å². The van der Waals surface area contributed by atoms with Crippen LogP contribution in [-0.4, -0.2) is 14.9 Å². The zero-order valence-corrected chi connectivity index (χ0v) is 11.7. The molecule has 1 aromatic heterocycles. The molecule has 96 valence electrons. The molecule has 1 aromatic carbocycles. The first-order chi connectivity index (χ1) is 8.54. The third-order valence-electron chi connectivity index (χ3n) is 2.84. The van der Waals surface area contributed by atoms with Crippen LogP contribution >= 0.6 is 23.2 Å². The zero-order valence-electron chi connectivity index (χ0n) is 10.2. The van der Waals surface area contributed by atoms with Gasteiger partial charge in [0.15, 0.2) is 0 Å². The van der Waals surface area contributed by atoms with Gasteiger partial charge in [-0.2, -0.15) is 5.10 Å². The Kier molecular flexibility index (Phi) is 3.95. The van der Waals surface area contributed by atoms with Crippen molar-refractivity contribution in [3.63, 3.8) is 0 Å². The molecule has 0 radical (unpaired) electrons. The maximum atomic E-state index is 10.4. The highest BCUT2D eigenvalue weighted by Crippen LogP contribution is 2.34. The molecular weight excluding hydrogens is 271 g/mol. The maximum absolute atomic E-state index is 10.4. The van der Waals surface area contributed by atoms with Gasteiger partial charge in [0.25, 0.3) is 0 Å². The Morgan fingerprint density at radius 2 is 2.06 bits per heavy atom. The minimum absolute atomic E-state index is 0.387. The van der Waals surface area contributed by atoms with E-state index in [0.717, 1.165) is 17.7 Å². The van der Waals surface area contributed by atoms with E-state index >= 15 is 0 Å². The van der Waals surface area contributed by atoms with Gasteiger partial charge in [0.2, 0.25) is 0 Å². The number of aliphatic hydroxyl groups is 1. The normalized spacial score (nSPS) is 12.7. The number of aliphatic hydroxyl groups excluding tert-OH is 1. The highest BCUT2D eigenvalue weighted by atomic mass is 35.5. The summed E-state index contributed by atoms with van der Waals surface area (Å²) in [5.74, 6) is 0. The Labute approximate surface area is 116 Å². The highest BCUT2D eigenvalue weighted by molar-refractivity contribution is 6.42. The topological polar surface area (TPSA) is 38.0 Å². The Morgan fingerprint density at radius 1 is 1.33 bits per heavy atom. The van der Waals surface area contributed by atoms with Gasteiger partial charge in [0, 0.05) is 24.4 Å². The summed E-state index contributed by atoms with van der Waals surface area (Å²) < 4.78 is 1.69. The lowest BCUT2D eigenvalue weighted by Gasteiger charge is -2.13. The Hall–Kier alpha value is -1.03. The third-order valence-corrected chi connectivity index (χ3v) is 3.68. The second-order valence-electron chi connectivity index (χ2n) is 4.10. The van der Waals surface area contributed by atoms with E-state index < -0.39 is 6.10 Å². The van der Waals surface area contributed by atoms with Crippen molar-refractivity contribution in [3.05, 3.63) is 51.3 Å². The van der Waals surface area contributed by atoms with E-state index in [1.165, 1.54) is 0 Å². The molecule has 1 atom stereocenters. The predicted octanol–water partition coefficient (Wildman–Crippen LogP) is 3.37. The van der Waals surface area contributed by atoms with Crippen LogP contribution in [0.4, 0.5) is 0 Å². The standard InChI is InChI=1S/C13H14Cl2N2O/c1-3-11-9(7-17(2)16-11)13(18)8-5-4-6-10(14)12(8)15/h4-7,13,18H,3H2,1-2H3. The molecule has 0 aliphatic carbocycles. The van der Waals surface area contributed by atoms with Crippen molar-refractivity contribution >= 4 is 23.2 Å². The van der Waals surface area contributed by atoms with Crippen molar-refractivity contribution in [2.24, 2.45) is 7.05 Å². The summed E-state index contributed by atoms with van der Waals surface area (Å²) in [5, 5.41) is 15.6. The lowest BCUT2D eigenvalue weighted by molar-refractivity contribution is 0.219. The molecule has 0 aliphatic heterocycles. The molecule has 0 saturated heterocycles. The monoisotopic (exact) mass is 284 g/mol. The molecule has 2 rings (SSSR count). The molecule has 18 heavy (non-hydrogen) atoms. The average molecular weight is 285 g/mol. The highest BCUT2D eigenvalue weighted by Gasteiger charge is 2.20. The fourth-order valence-electron chi connectivity index (χ4n) is 1.96. The Balaban J connectivity index is 2.47. The molecule has 3 nitrogen and oxygen atoms in total. The summed E-state index contributed by atoms with van der Waals surface area (Å²) in [6.07, 6.45) is 1.76. The van der Waals surface area contributed by atoms with Gasteiger partial charge in [-0.3, -0.25) is 4.68 Å². The lowest BCUT2D eigenvalue weighted by Crippen LogP contribution is -2.02.